The van der Waals surface area contributed by atoms with Crippen molar-refractivity contribution in [3.05, 3.63) is 24.3 Å². The molecule has 0 aliphatic carbocycles. The fourth-order valence-electron chi connectivity index (χ4n) is 6.15. The summed E-state index contributed by atoms with van der Waals surface area (Å²) >= 11 is 0. The summed E-state index contributed by atoms with van der Waals surface area (Å²) in [6.07, 6.45) is 26.8. The maximum atomic E-state index is 12.6. The van der Waals surface area contributed by atoms with Crippen LogP contribution in [-0.2, 0) is 28.5 Å². The summed E-state index contributed by atoms with van der Waals surface area (Å²) in [5.74, 6) is -1.06. The second-order valence-corrected chi connectivity index (χ2v) is 14.2. The number of unbranched alkanes of at least 4 members (excludes halogenated alkanes) is 21. The Hall–Kier alpha value is -1.82. The molecular formula is C41H74O10. The van der Waals surface area contributed by atoms with Gasteiger partial charge in [-0.3, -0.25) is 4.79 Å². The van der Waals surface area contributed by atoms with Crippen molar-refractivity contribution < 1.29 is 49.0 Å². The first kappa shape index (κ1) is 47.2. The Morgan fingerprint density at radius 2 is 1.16 bits per heavy atom. The van der Waals surface area contributed by atoms with E-state index in [-0.39, 0.29) is 19.6 Å². The van der Waals surface area contributed by atoms with Gasteiger partial charge in [-0.05, 0) is 19.3 Å². The molecule has 10 heteroatoms. The Morgan fingerprint density at radius 1 is 0.647 bits per heavy atom. The van der Waals surface area contributed by atoms with Crippen molar-refractivity contribution >= 4 is 11.9 Å². The van der Waals surface area contributed by atoms with Gasteiger partial charge in [0, 0.05) is 12.5 Å². The molecule has 0 aromatic heterocycles. The van der Waals surface area contributed by atoms with Crippen LogP contribution in [0, 0.1) is 0 Å². The van der Waals surface area contributed by atoms with Crippen LogP contribution in [0.25, 0.3) is 0 Å². The first-order valence-electron chi connectivity index (χ1n) is 20.5. The minimum absolute atomic E-state index is 0.259. The zero-order valence-corrected chi connectivity index (χ0v) is 32.1. The van der Waals surface area contributed by atoms with E-state index in [2.05, 4.69) is 13.8 Å². The predicted octanol–water partition coefficient (Wildman–Crippen LogP) is 7.77. The lowest BCUT2D eigenvalue weighted by Crippen LogP contribution is -2.59. The Morgan fingerprint density at radius 3 is 1.69 bits per heavy atom. The molecule has 1 heterocycles. The van der Waals surface area contributed by atoms with Gasteiger partial charge in [-0.25, -0.2) is 4.79 Å². The normalized spacial score (nSPS) is 21.4. The Kier molecular flexibility index (Phi) is 30.4. The van der Waals surface area contributed by atoms with Gasteiger partial charge >= 0.3 is 11.9 Å². The van der Waals surface area contributed by atoms with Crippen LogP contribution in [0.5, 0.6) is 0 Å². The summed E-state index contributed by atoms with van der Waals surface area (Å²) in [6.45, 7) is 3.29. The first-order valence-corrected chi connectivity index (χ1v) is 20.5. The number of aliphatic hydroxyl groups is 4. The molecule has 0 spiro atoms. The van der Waals surface area contributed by atoms with Gasteiger partial charge in [-0.15, -0.1) is 0 Å². The van der Waals surface area contributed by atoms with E-state index < -0.39 is 55.4 Å². The lowest BCUT2D eigenvalue weighted by molar-refractivity contribution is -0.305. The summed E-state index contributed by atoms with van der Waals surface area (Å²) in [5, 5.41) is 39.9. The van der Waals surface area contributed by atoms with Gasteiger partial charge in [-0.2, -0.15) is 0 Å². The summed E-state index contributed by atoms with van der Waals surface area (Å²) < 4.78 is 21.9. The largest absolute Gasteiger partial charge is 0.462 e. The average molecular weight is 727 g/mol. The van der Waals surface area contributed by atoms with E-state index in [0.29, 0.717) is 0 Å². The van der Waals surface area contributed by atoms with Crippen LogP contribution in [0.3, 0.4) is 0 Å². The molecule has 51 heavy (non-hydrogen) atoms. The highest BCUT2D eigenvalue weighted by Crippen LogP contribution is 2.22. The Balaban J connectivity index is 2.43. The fraction of sp³-hybridized carbons (Fsp3) is 0.854. The van der Waals surface area contributed by atoms with E-state index in [1.54, 1.807) is 6.08 Å². The van der Waals surface area contributed by atoms with Crippen LogP contribution < -0.4 is 0 Å². The smallest absolute Gasteiger partial charge is 0.331 e. The predicted molar refractivity (Wildman–Crippen MR) is 201 cm³/mol. The zero-order valence-electron chi connectivity index (χ0n) is 32.1. The molecule has 0 radical (unpaired) electrons. The number of aliphatic hydroxyl groups excluding tert-OH is 4. The molecule has 1 aliphatic rings. The summed E-state index contributed by atoms with van der Waals surface area (Å²) in [7, 11) is 0. The maximum Gasteiger partial charge on any atom is 0.331 e. The average Bonchev–Trinajstić information content (AvgIpc) is 3.13. The highest BCUT2D eigenvalue weighted by molar-refractivity contribution is 5.82. The quantitative estimate of drug-likeness (QED) is 0.0228. The van der Waals surface area contributed by atoms with Crippen molar-refractivity contribution in [3.63, 3.8) is 0 Å². The molecular weight excluding hydrogens is 652 g/mol. The van der Waals surface area contributed by atoms with Gasteiger partial charge in [0.2, 0.25) is 0 Å². The summed E-state index contributed by atoms with van der Waals surface area (Å²) in [6, 6.07) is 0. The second kappa shape index (κ2) is 32.8. The van der Waals surface area contributed by atoms with Crippen molar-refractivity contribution in [3.8, 4) is 0 Å². The lowest BCUT2D eigenvalue weighted by Gasteiger charge is -2.39. The van der Waals surface area contributed by atoms with Crippen molar-refractivity contribution in [1.29, 1.82) is 0 Å². The minimum atomic E-state index is -1.61. The van der Waals surface area contributed by atoms with Crippen molar-refractivity contribution in [2.24, 2.45) is 0 Å². The Labute approximate surface area is 309 Å². The van der Waals surface area contributed by atoms with Gasteiger partial charge in [0.1, 0.15) is 31.0 Å². The zero-order chi connectivity index (χ0) is 37.4. The third kappa shape index (κ3) is 24.9. The van der Waals surface area contributed by atoms with Crippen LogP contribution in [0.1, 0.15) is 168 Å². The van der Waals surface area contributed by atoms with Crippen LogP contribution in [0.4, 0.5) is 0 Å². The number of ether oxygens (including phenoxy) is 4. The topological polar surface area (TPSA) is 152 Å². The molecule has 1 rings (SSSR count). The Bertz CT molecular complexity index is 892. The molecule has 0 amide bonds. The fourth-order valence-corrected chi connectivity index (χ4v) is 6.15. The van der Waals surface area contributed by atoms with Crippen LogP contribution >= 0.6 is 0 Å². The molecule has 298 valence electrons. The van der Waals surface area contributed by atoms with Crippen molar-refractivity contribution in [1.82, 2.24) is 0 Å². The van der Waals surface area contributed by atoms with Crippen molar-refractivity contribution in [2.75, 3.05) is 19.8 Å². The van der Waals surface area contributed by atoms with Gasteiger partial charge in [-0.1, -0.05) is 160 Å². The lowest BCUT2D eigenvalue weighted by atomic mass is 9.99. The number of allylic oxidation sites excluding steroid dienone is 3. The maximum absolute atomic E-state index is 12.6. The van der Waals surface area contributed by atoms with Crippen LogP contribution in [0.2, 0.25) is 0 Å². The molecule has 0 aromatic rings. The standard InChI is InChI=1S/C41H74O10/c1-3-5-7-9-11-13-15-16-17-18-20-22-24-26-28-30-37(44)50-34(33-49-41-40(47)39(46)38(45)35(31-42)51-41)32-48-36(43)29-27-25-23-21-19-14-12-10-8-6-4-2/h24,26,28,30,34-35,38-42,45-47H,3-23,25,27,29,31-33H2,1-2H3/b26-24+,30-28+/t34-,35-,38+,39?,40?,41-/m1/s1. The molecule has 4 N–H and O–H groups in total. The van der Waals surface area contributed by atoms with Gasteiger partial charge in [0.15, 0.2) is 12.4 Å². The molecule has 10 nitrogen and oxygen atoms in total. The van der Waals surface area contributed by atoms with Gasteiger partial charge in [0.25, 0.3) is 0 Å². The van der Waals surface area contributed by atoms with E-state index in [1.165, 1.54) is 115 Å². The van der Waals surface area contributed by atoms with Crippen molar-refractivity contribution in [2.45, 2.75) is 205 Å². The van der Waals surface area contributed by atoms with E-state index in [4.69, 9.17) is 18.9 Å². The first-order chi connectivity index (χ1) is 24.8. The number of hydrogen-bond acceptors (Lipinski definition) is 10. The van der Waals surface area contributed by atoms with Crippen LogP contribution in [0.15, 0.2) is 24.3 Å². The van der Waals surface area contributed by atoms with Crippen LogP contribution in [-0.4, -0.2) is 89.0 Å². The monoisotopic (exact) mass is 727 g/mol. The number of esters is 2. The molecule has 1 saturated heterocycles. The van der Waals surface area contributed by atoms with E-state index in [9.17, 15) is 30.0 Å². The van der Waals surface area contributed by atoms with Gasteiger partial charge in [0.05, 0.1) is 13.2 Å². The number of hydrogen-bond donors (Lipinski definition) is 4. The minimum Gasteiger partial charge on any atom is -0.462 e. The third-order valence-corrected chi connectivity index (χ3v) is 9.45. The SMILES string of the molecule is CCCCCCCCCCCCC/C=C/C=C/C(=O)O[C@H](COC(=O)CCCCCCCCCCCCC)CO[C@@H]1O[C@H](CO)[C@H](O)C(O)C1O. The van der Waals surface area contributed by atoms with E-state index in [1.807, 2.05) is 12.2 Å². The molecule has 2 unspecified atom stereocenters. The highest BCUT2D eigenvalue weighted by atomic mass is 16.7. The summed E-state index contributed by atoms with van der Waals surface area (Å²) in [4.78, 5) is 25.1. The number of rotatable bonds is 33. The molecule has 0 aromatic carbocycles. The van der Waals surface area contributed by atoms with E-state index in [0.717, 1.165) is 38.5 Å². The summed E-state index contributed by atoms with van der Waals surface area (Å²) in [5.41, 5.74) is 0. The number of carbonyl (C=O) groups excluding carboxylic acids is 2. The van der Waals surface area contributed by atoms with Gasteiger partial charge < -0.3 is 39.4 Å². The third-order valence-electron chi connectivity index (χ3n) is 9.45. The molecule has 0 saturated carbocycles. The number of carbonyl (C=O) groups is 2. The molecule has 1 fully saturated rings. The second-order valence-electron chi connectivity index (χ2n) is 14.2. The molecule has 1 aliphatic heterocycles. The highest BCUT2D eigenvalue weighted by Gasteiger charge is 2.44. The van der Waals surface area contributed by atoms with E-state index >= 15 is 0 Å². The molecule has 0 bridgehead atoms. The molecule has 6 atom stereocenters.